The van der Waals surface area contributed by atoms with E-state index >= 15 is 0 Å². The zero-order chi connectivity index (χ0) is 14.7. The van der Waals surface area contributed by atoms with Gasteiger partial charge in [-0.05, 0) is 38.0 Å². The van der Waals surface area contributed by atoms with Crippen molar-refractivity contribution in [2.45, 2.75) is 52.1 Å². The van der Waals surface area contributed by atoms with Gasteiger partial charge in [0.15, 0.2) is 0 Å². The number of ether oxygens (including phenoxy) is 1. The average molecular weight is 282 g/mol. The van der Waals surface area contributed by atoms with Gasteiger partial charge in [0, 0.05) is 13.2 Å². The number of amides is 2. The fourth-order valence-corrected chi connectivity index (χ4v) is 3.00. The molecule has 2 heterocycles. The maximum absolute atomic E-state index is 12.6. The Morgan fingerprint density at radius 2 is 2.15 bits per heavy atom. The molecule has 0 radical (unpaired) electrons. The predicted molar refractivity (Wildman–Crippen MR) is 76.1 cm³/mol. The Kier molecular flexibility index (Phi) is 5.02. The summed E-state index contributed by atoms with van der Waals surface area (Å²) in [6.07, 6.45) is 2.82. The van der Waals surface area contributed by atoms with Gasteiger partial charge < -0.3 is 15.0 Å². The topological polar surface area (TPSA) is 58.6 Å². The molecule has 2 fully saturated rings. The molecule has 114 valence electrons. The van der Waals surface area contributed by atoms with Crippen molar-refractivity contribution in [3.05, 3.63) is 0 Å². The highest BCUT2D eigenvalue weighted by atomic mass is 16.5. The maximum atomic E-state index is 12.6. The normalized spacial score (nSPS) is 31.6. The van der Waals surface area contributed by atoms with Gasteiger partial charge in [-0.2, -0.15) is 0 Å². The lowest BCUT2D eigenvalue weighted by molar-refractivity contribution is -0.150. The molecule has 2 aliphatic rings. The Balaban J connectivity index is 2.03. The van der Waals surface area contributed by atoms with Gasteiger partial charge >= 0.3 is 0 Å². The van der Waals surface area contributed by atoms with Gasteiger partial charge in [0.25, 0.3) is 0 Å². The molecule has 0 aromatic heterocycles. The summed E-state index contributed by atoms with van der Waals surface area (Å²) in [5.74, 6) is 0.779. The summed E-state index contributed by atoms with van der Waals surface area (Å²) in [6, 6.07) is -0.726. The van der Waals surface area contributed by atoms with Crippen LogP contribution in [0.25, 0.3) is 0 Å². The Bertz CT molecular complexity index is 364. The predicted octanol–water partition coefficient (Wildman–Crippen LogP) is 1.17. The van der Waals surface area contributed by atoms with E-state index in [9.17, 15) is 9.59 Å². The van der Waals surface area contributed by atoms with Crippen molar-refractivity contribution in [1.82, 2.24) is 10.2 Å². The lowest BCUT2D eigenvalue weighted by Crippen LogP contribution is -2.63. The third-order valence-corrected chi connectivity index (χ3v) is 4.16. The highest BCUT2D eigenvalue weighted by Gasteiger charge is 2.39. The van der Waals surface area contributed by atoms with Crippen LogP contribution in [0.1, 0.15) is 40.0 Å². The summed E-state index contributed by atoms with van der Waals surface area (Å²) in [7, 11) is 0. The molecule has 2 aliphatic heterocycles. The van der Waals surface area contributed by atoms with Crippen LogP contribution in [0.2, 0.25) is 0 Å². The number of nitrogens with zero attached hydrogens (tertiary/aromatic N) is 1. The third kappa shape index (κ3) is 3.51. The standard InChI is InChI=1S/C15H26N2O3/c1-10(2)7-13-15(19)17(11(3)14(18)16-13)8-12-5-4-6-20-9-12/h10-13H,4-9H2,1-3H3,(H,16,18). The van der Waals surface area contributed by atoms with E-state index in [-0.39, 0.29) is 23.9 Å². The van der Waals surface area contributed by atoms with Gasteiger partial charge in [-0.15, -0.1) is 0 Å². The van der Waals surface area contributed by atoms with Crippen molar-refractivity contribution >= 4 is 11.8 Å². The van der Waals surface area contributed by atoms with Crippen LogP contribution in [-0.2, 0) is 14.3 Å². The van der Waals surface area contributed by atoms with Gasteiger partial charge in [0.2, 0.25) is 11.8 Å². The Morgan fingerprint density at radius 1 is 1.40 bits per heavy atom. The number of nitrogens with one attached hydrogen (secondary N) is 1. The average Bonchev–Trinajstić information content (AvgIpc) is 2.41. The van der Waals surface area contributed by atoms with Gasteiger partial charge in [0.1, 0.15) is 12.1 Å². The molecule has 0 aromatic carbocycles. The highest BCUT2D eigenvalue weighted by molar-refractivity contribution is 5.96. The van der Waals surface area contributed by atoms with Gasteiger partial charge in [0.05, 0.1) is 6.61 Å². The number of hydrogen-bond donors (Lipinski definition) is 1. The number of carbonyl (C=O) groups excluding carboxylic acids is 2. The molecule has 0 aromatic rings. The molecule has 20 heavy (non-hydrogen) atoms. The molecule has 0 spiro atoms. The van der Waals surface area contributed by atoms with Crippen LogP contribution in [0.3, 0.4) is 0 Å². The van der Waals surface area contributed by atoms with Crippen LogP contribution >= 0.6 is 0 Å². The largest absolute Gasteiger partial charge is 0.381 e. The summed E-state index contributed by atoms with van der Waals surface area (Å²) >= 11 is 0. The molecule has 2 amide bonds. The first kappa shape index (κ1) is 15.3. The molecule has 1 N–H and O–H groups in total. The molecular weight excluding hydrogens is 256 g/mol. The molecule has 2 saturated heterocycles. The molecule has 0 aliphatic carbocycles. The zero-order valence-corrected chi connectivity index (χ0v) is 12.7. The van der Waals surface area contributed by atoms with Crippen LogP contribution in [0.4, 0.5) is 0 Å². The Hall–Kier alpha value is -1.10. The summed E-state index contributed by atoms with van der Waals surface area (Å²) in [5, 5.41) is 2.85. The Morgan fingerprint density at radius 3 is 2.75 bits per heavy atom. The van der Waals surface area contributed by atoms with Crippen molar-refractivity contribution < 1.29 is 14.3 Å². The first-order valence-electron chi connectivity index (χ1n) is 7.67. The van der Waals surface area contributed by atoms with E-state index < -0.39 is 0 Å². The van der Waals surface area contributed by atoms with Gasteiger partial charge in [-0.3, -0.25) is 9.59 Å². The smallest absolute Gasteiger partial charge is 0.245 e. The molecule has 0 bridgehead atoms. The SMILES string of the molecule is CC(C)CC1NC(=O)C(C)N(CC2CCCOC2)C1=O. The zero-order valence-electron chi connectivity index (χ0n) is 12.7. The van der Waals surface area contributed by atoms with E-state index in [1.54, 1.807) is 4.90 Å². The van der Waals surface area contributed by atoms with Crippen LogP contribution in [-0.4, -0.2) is 48.6 Å². The maximum Gasteiger partial charge on any atom is 0.245 e. The molecule has 5 nitrogen and oxygen atoms in total. The second-order valence-electron chi connectivity index (χ2n) is 6.44. The second-order valence-corrected chi connectivity index (χ2v) is 6.44. The highest BCUT2D eigenvalue weighted by Crippen LogP contribution is 2.20. The fraction of sp³-hybridized carbons (Fsp3) is 0.867. The molecule has 3 atom stereocenters. The van der Waals surface area contributed by atoms with Gasteiger partial charge in [-0.1, -0.05) is 13.8 Å². The van der Waals surface area contributed by atoms with Crippen molar-refractivity contribution in [3.63, 3.8) is 0 Å². The fourth-order valence-electron chi connectivity index (χ4n) is 3.00. The quantitative estimate of drug-likeness (QED) is 0.842. The molecule has 2 rings (SSSR count). The first-order chi connectivity index (χ1) is 9.49. The van der Waals surface area contributed by atoms with Crippen LogP contribution in [0.5, 0.6) is 0 Å². The number of hydrogen-bond acceptors (Lipinski definition) is 3. The molecular formula is C15H26N2O3. The van der Waals surface area contributed by atoms with Crippen molar-refractivity contribution in [2.75, 3.05) is 19.8 Å². The lowest BCUT2D eigenvalue weighted by Gasteiger charge is -2.40. The number of piperazine rings is 1. The number of carbonyl (C=O) groups is 2. The van der Waals surface area contributed by atoms with E-state index in [4.69, 9.17) is 4.74 Å². The minimum absolute atomic E-state index is 0.0352. The minimum atomic E-state index is -0.368. The van der Waals surface area contributed by atoms with Crippen molar-refractivity contribution in [1.29, 1.82) is 0 Å². The molecule has 5 heteroatoms. The van der Waals surface area contributed by atoms with E-state index in [0.717, 1.165) is 19.4 Å². The monoisotopic (exact) mass is 282 g/mol. The van der Waals surface area contributed by atoms with E-state index in [2.05, 4.69) is 19.2 Å². The van der Waals surface area contributed by atoms with Crippen molar-refractivity contribution in [3.8, 4) is 0 Å². The minimum Gasteiger partial charge on any atom is -0.381 e. The van der Waals surface area contributed by atoms with Crippen LogP contribution in [0, 0.1) is 11.8 Å². The van der Waals surface area contributed by atoms with E-state index in [0.29, 0.717) is 31.4 Å². The Labute approximate surface area is 121 Å². The molecule has 0 saturated carbocycles. The summed E-state index contributed by atoms with van der Waals surface area (Å²) in [5.41, 5.74) is 0. The van der Waals surface area contributed by atoms with Crippen LogP contribution < -0.4 is 5.32 Å². The van der Waals surface area contributed by atoms with E-state index in [1.165, 1.54) is 0 Å². The summed E-state index contributed by atoms with van der Waals surface area (Å²) in [4.78, 5) is 26.4. The lowest BCUT2D eigenvalue weighted by atomic mass is 9.96. The summed E-state index contributed by atoms with van der Waals surface area (Å²) < 4.78 is 5.47. The van der Waals surface area contributed by atoms with Gasteiger partial charge in [-0.25, -0.2) is 0 Å². The second kappa shape index (κ2) is 6.57. The van der Waals surface area contributed by atoms with E-state index in [1.807, 2.05) is 6.92 Å². The molecule has 3 unspecified atom stereocenters. The number of rotatable bonds is 4. The summed E-state index contributed by atoms with van der Waals surface area (Å²) in [6.45, 7) is 8.10. The third-order valence-electron chi connectivity index (χ3n) is 4.16. The van der Waals surface area contributed by atoms with Crippen molar-refractivity contribution in [2.24, 2.45) is 11.8 Å². The van der Waals surface area contributed by atoms with Crippen LogP contribution in [0.15, 0.2) is 0 Å². The first-order valence-corrected chi connectivity index (χ1v) is 7.67.